The quantitative estimate of drug-likeness (QED) is 0.636. The molecule has 1 saturated heterocycles. The van der Waals surface area contributed by atoms with Gasteiger partial charge in [-0.05, 0) is 6.42 Å². The number of anilines is 1. The SMILES string of the molecule is O=C(Nc1nccs1)C1CC(O)CN1. The lowest BCUT2D eigenvalue weighted by Gasteiger charge is -2.08. The van der Waals surface area contributed by atoms with Gasteiger partial charge in [-0.25, -0.2) is 4.98 Å². The fourth-order valence-corrected chi connectivity index (χ4v) is 1.93. The highest BCUT2D eigenvalue weighted by molar-refractivity contribution is 7.13. The van der Waals surface area contributed by atoms with E-state index in [9.17, 15) is 9.90 Å². The van der Waals surface area contributed by atoms with Crippen molar-refractivity contribution in [1.29, 1.82) is 0 Å². The summed E-state index contributed by atoms with van der Waals surface area (Å²) >= 11 is 1.38. The van der Waals surface area contributed by atoms with Crippen molar-refractivity contribution >= 4 is 22.4 Å². The summed E-state index contributed by atoms with van der Waals surface area (Å²) in [6, 6.07) is -0.297. The standard InChI is InChI=1S/C8H11N3O2S/c12-5-3-6(10-4-5)7(13)11-8-9-1-2-14-8/h1-2,5-6,10,12H,3-4H2,(H,9,11,13). The zero-order valence-electron chi connectivity index (χ0n) is 7.43. The number of nitrogens with one attached hydrogen (secondary N) is 2. The van der Waals surface area contributed by atoms with Gasteiger partial charge in [0, 0.05) is 18.1 Å². The first-order valence-corrected chi connectivity index (χ1v) is 5.25. The van der Waals surface area contributed by atoms with Crippen LogP contribution in [-0.2, 0) is 4.79 Å². The van der Waals surface area contributed by atoms with E-state index < -0.39 is 6.10 Å². The molecule has 2 unspecified atom stereocenters. The van der Waals surface area contributed by atoms with Gasteiger partial charge >= 0.3 is 0 Å². The first-order valence-electron chi connectivity index (χ1n) is 4.37. The molecule has 1 aliphatic rings. The zero-order valence-corrected chi connectivity index (χ0v) is 8.25. The molecule has 0 spiro atoms. The largest absolute Gasteiger partial charge is 0.392 e. The van der Waals surface area contributed by atoms with E-state index in [1.807, 2.05) is 0 Å². The van der Waals surface area contributed by atoms with E-state index in [4.69, 9.17) is 0 Å². The zero-order chi connectivity index (χ0) is 9.97. The summed E-state index contributed by atoms with van der Waals surface area (Å²) in [6.45, 7) is 0.482. The molecule has 2 rings (SSSR count). The second-order valence-corrected chi connectivity index (χ2v) is 4.07. The van der Waals surface area contributed by atoms with Crippen LogP contribution in [0.1, 0.15) is 6.42 Å². The third kappa shape index (κ3) is 2.09. The fraction of sp³-hybridized carbons (Fsp3) is 0.500. The summed E-state index contributed by atoms with van der Waals surface area (Å²) in [5.41, 5.74) is 0. The molecule has 2 atom stereocenters. The van der Waals surface area contributed by atoms with Crippen LogP contribution in [0.5, 0.6) is 0 Å². The van der Waals surface area contributed by atoms with Crippen molar-refractivity contribution in [2.45, 2.75) is 18.6 Å². The second-order valence-electron chi connectivity index (χ2n) is 3.18. The van der Waals surface area contributed by atoms with Crippen LogP contribution in [0.25, 0.3) is 0 Å². The Bertz CT molecular complexity index is 314. The molecule has 0 aliphatic carbocycles. The molecule has 2 heterocycles. The van der Waals surface area contributed by atoms with E-state index in [2.05, 4.69) is 15.6 Å². The molecule has 0 saturated carbocycles. The van der Waals surface area contributed by atoms with Crippen LogP contribution in [-0.4, -0.2) is 34.7 Å². The van der Waals surface area contributed by atoms with Crippen LogP contribution in [0.2, 0.25) is 0 Å². The Kier molecular flexibility index (Phi) is 2.76. The Morgan fingerprint density at radius 1 is 1.79 bits per heavy atom. The molecule has 6 heteroatoms. The number of rotatable bonds is 2. The predicted octanol–water partition coefficient (Wildman–Crippen LogP) is -0.196. The first kappa shape index (κ1) is 9.57. The maximum atomic E-state index is 11.5. The van der Waals surface area contributed by atoms with Crippen molar-refractivity contribution < 1.29 is 9.90 Å². The van der Waals surface area contributed by atoms with Gasteiger partial charge < -0.3 is 15.7 Å². The molecule has 1 aromatic rings. The maximum absolute atomic E-state index is 11.5. The number of thiazole rings is 1. The highest BCUT2D eigenvalue weighted by Crippen LogP contribution is 2.13. The number of carbonyl (C=O) groups is 1. The Balaban J connectivity index is 1.90. The van der Waals surface area contributed by atoms with Crippen LogP contribution >= 0.6 is 11.3 Å². The Morgan fingerprint density at radius 2 is 2.64 bits per heavy atom. The summed E-state index contributed by atoms with van der Waals surface area (Å²) in [5.74, 6) is -0.128. The molecule has 14 heavy (non-hydrogen) atoms. The van der Waals surface area contributed by atoms with E-state index in [0.29, 0.717) is 18.1 Å². The van der Waals surface area contributed by atoms with Gasteiger partial charge in [0.05, 0.1) is 12.1 Å². The molecule has 0 radical (unpaired) electrons. The van der Waals surface area contributed by atoms with Crippen molar-refractivity contribution in [3.05, 3.63) is 11.6 Å². The average Bonchev–Trinajstić information content (AvgIpc) is 2.75. The van der Waals surface area contributed by atoms with E-state index in [1.54, 1.807) is 11.6 Å². The van der Waals surface area contributed by atoms with Gasteiger partial charge in [0.15, 0.2) is 5.13 Å². The van der Waals surface area contributed by atoms with Gasteiger partial charge in [-0.15, -0.1) is 11.3 Å². The molecular weight excluding hydrogens is 202 g/mol. The highest BCUT2D eigenvalue weighted by Gasteiger charge is 2.28. The van der Waals surface area contributed by atoms with Crippen molar-refractivity contribution in [2.75, 3.05) is 11.9 Å². The molecule has 0 aromatic carbocycles. The number of nitrogens with zero attached hydrogens (tertiary/aromatic N) is 1. The lowest BCUT2D eigenvalue weighted by atomic mass is 10.2. The number of β-amino-alcohol motifs (C(OH)–C–C–N with tert-alkyl or cyclic N) is 1. The number of amides is 1. The predicted molar refractivity (Wildman–Crippen MR) is 53.2 cm³/mol. The minimum absolute atomic E-state index is 0.128. The number of aromatic nitrogens is 1. The lowest BCUT2D eigenvalue weighted by Crippen LogP contribution is -2.35. The molecule has 76 valence electrons. The summed E-state index contributed by atoms with van der Waals surface area (Å²) in [5, 5.41) is 17.2. The third-order valence-electron chi connectivity index (χ3n) is 2.09. The average molecular weight is 213 g/mol. The van der Waals surface area contributed by atoms with Crippen molar-refractivity contribution in [1.82, 2.24) is 10.3 Å². The molecule has 1 aromatic heterocycles. The van der Waals surface area contributed by atoms with Gasteiger partial charge in [-0.2, -0.15) is 0 Å². The number of carbonyl (C=O) groups excluding carboxylic acids is 1. The monoisotopic (exact) mass is 213 g/mol. The summed E-state index contributed by atoms with van der Waals surface area (Å²) in [4.78, 5) is 15.5. The van der Waals surface area contributed by atoms with E-state index in [0.717, 1.165) is 0 Å². The van der Waals surface area contributed by atoms with Crippen LogP contribution in [0.4, 0.5) is 5.13 Å². The summed E-state index contributed by atoms with van der Waals surface area (Å²) < 4.78 is 0. The van der Waals surface area contributed by atoms with Crippen LogP contribution < -0.4 is 10.6 Å². The number of aliphatic hydroxyl groups is 1. The highest BCUT2D eigenvalue weighted by atomic mass is 32.1. The number of hydrogen-bond acceptors (Lipinski definition) is 5. The molecule has 0 bridgehead atoms. The van der Waals surface area contributed by atoms with Gasteiger partial charge in [0.25, 0.3) is 0 Å². The summed E-state index contributed by atoms with van der Waals surface area (Å²) in [6.07, 6.45) is 1.69. The summed E-state index contributed by atoms with van der Waals surface area (Å²) in [7, 11) is 0. The van der Waals surface area contributed by atoms with Crippen molar-refractivity contribution in [2.24, 2.45) is 0 Å². The van der Waals surface area contributed by atoms with Gasteiger partial charge in [0.1, 0.15) is 0 Å². The van der Waals surface area contributed by atoms with Crippen LogP contribution in [0.3, 0.4) is 0 Å². The molecule has 1 aliphatic heterocycles. The van der Waals surface area contributed by atoms with Crippen LogP contribution in [0.15, 0.2) is 11.6 Å². The first-order chi connectivity index (χ1) is 6.75. The Morgan fingerprint density at radius 3 is 3.21 bits per heavy atom. The Hall–Kier alpha value is -0.980. The van der Waals surface area contributed by atoms with E-state index in [-0.39, 0.29) is 11.9 Å². The minimum atomic E-state index is -0.415. The third-order valence-corrected chi connectivity index (χ3v) is 2.78. The second kappa shape index (κ2) is 4.04. The fourth-order valence-electron chi connectivity index (χ4n) is 1.39. The molecule has 1 amide bonds. The van der Waals surface area contributed by atoms with E-state index >= 15 is 0 Å². The normalized spacial score (nSPS) is 26.4. The van der Waals surface area contributed by atoms with Crippen LogP contribution in [0, 0.1) is 0 Å². The lowest BCUT2D eigenvalue weighted by molar-refractivity contribution is -0.117. The molecule has 3 N–H and O–H groups in total. The van der Waals surface area contributed by atoms with Gasteiger partial charge in [-0.1, -0.05) is 0 Å². The minimum Gasteiger partial charge on any atom is -0.392 e. The maximum Gasteiger partial charge on any atom is 0.243 e. The molecular formula is C8H11N3O2S. The molecule has 5 nitrogen and oxygen atoms in total. The topological polar surface area (TPSA) is 74.2 Å². The van der Waals surface area contributed by atoms with E-state index in [1.165, 1.54) is 11.3 Å². The van der Waals surface area contributed by atoms with Crippen molar-refractivity contribution in [3.8, 4) is 0 Å². The van der Waals surface area contributed by atoms with Gasteiger partial charge in [-0.3, -0.25) is 4.79 Å². The smallest absolute Gasteiger partial charge is 0.243 e. The number of hydrogen-bond donors (Lipinski definition) is 3. The van der Waals surface area contributed by atoms with Gasteiger partial charge in [0.2, 0.25) is 5.91 Å². The van der Waals surface area contributed by atoms with Crippen molar-refractivity contribution in [3.63, 3.8) is 0 Å². The number of aliphatic hydroxyl groups excluding tert-OH is 1. The Labute approximate surface area is 85.2 Å². The molecule has 1 fully saturated rings.